The molecule has 9 nitrogen and oxygen atoms in total. The van der Waals surface area contributed by atoms with E-state index in [1.54, 1.807) is 12.1 Å². The first-order chi connectivity index (χ1) is 16.1. The van der Waals surface area contributed by atoms with E-state index in [4.69, 9.17) is 9.47 Å². The van der Waals surface area contributed by atoms with Crippen LogP contribution in [-0.4, -0.2) is 57.3 Å². The lowest BCUT2D eigenvalue weighted by Gasteiger charge is -2.32. The van der Waals surface area contributed by atoms with Crippen molar-refractivity contribution in [2.75, 3.05) is 30.4 Å². The van der Waals surface area contributed by atoms with Crippen LogP contribution in [-0.2, 0) is 26.2 Å². The Labute approximate surface area is 200 Å². The molecule has 0 saturated carbocycles. The third-order valence-corrected chi connectivity index (χ3v) is 6.67. The molecule has 2 aromatic rings. The number of carbonyl (C=O) groups is 2. The Morgan fingerprint density at radius 2 is 1.74 bits per heavy atom. The first-order valence-corrected chi connectivity index (χ1v) is 13.0. The Morgan fingerprint density at radius 1 is 1.06 bits per heavy atom. The number of anilines is 1. The zero-order valence-electron chi connectivity index (χ0n) is 19.9. The summed E-state index contributed by atoms with van der Waals surface area (Å²) in [5.41, 5.74) is 2.19. The summed E-state index contributed by atoms with van der Waals surface area (Å²) < 4.78 is 37.0. The van der Waals surface area contributed by atoms with E-state index < -0.39 is 28.5 Å². The molecule has 184 valence electrons. The molecule has 1 atom stereocenters. The predicted molar refractivity (Wildman–Crippen MR) is 129 cm³/mol. The number of benzene rings is 2. The zero-order chi connectivity index (χ0) is 24.9. The van der Waals surface area contributed by atoms with Gasteiger partial charge in [0.15, 0.2) is 11.5 Å². The Balaban J connectivity index is 1.93. The van der Waals surface area contributed by atoms with E-state index in [9.17, 15) is 18.0 Å². The van der Waals surface area contributed by atoms with Crippen molar-refractivity contribution in [3.8, 4) is 11.5 Å². The van der Waals surface area contributed by atoms with E-state index in [1.807, 2.05) is 45.0 Å². The quantitative estimate of drug-likeness (QED) is 0.550. The number of hydrogen-bond donors (Lipinski definition) is 1. The summed E-state index contributed by atoms with van der Waals surface area (Å²) in [7, 11) is -3.82. The lowest BCUT2D eigenvalue weighted by atomic mass is 10.1. The van der Waals surface area contributed by atoms with Crippen LogP contribution < -0.4 is 19.1 Å². The van der Waals surface area contributed by atoms with Gasteiger partial charge in [-0.3, -0.25) is 13.9 Å². The molecule has 3 rings (SSSR count). The second-order valence-corrected chi connectivity index (χ2v) is 10.0. The summed E-state index contributed by atoms with van der Waals surface area (Å²) >= 11 is 0. The molecule has 2 aromatic carbocycles. The summed E-state index contributed by atoms with van der Waals surface area (Å²) in [4.78, 5) is 27.8. The third-order valence-electron chi connectivity index (χ3n) is 5.53. The average Bonchev–Trinajstić information content (AvgIpc) is 3.26. The molecule has 1 aliphatic rings. The number of rotatable bonds is 10. The van der Waals surface area contributed by atoms with Crippen molar-refractivity contribution in [1.82, 2.24) is 10.2 Å². The SMILES string of the molecule is CCNC(=O)C(CC)N(Cc1ccc(C)cc1)C(=O)CN(c1ccc2c(c1)OCO2)S(C)(=O)=O. The Bertz CT molecular complexity index is 1130. The third kappa shape index (κ3) is 5.99. The molecule has 1 N–H and O–H groups in total. The van der Waals surface area contributed by atoms with E-state index in [1.165, 1.54) is 11.0 Å². The van der Waals surface area contributed by atoms with Gasteiger partial charge in [-0.05, 0) is 38.0 Å². The van der Waals surface area contributed by atoms with Crippen LogP contribution in [0.4, 0.5) is 5.69 Å². The summed E-state index contributed by atoms with van der Waals surface area (Å²) in [5.74, 6) is 0.150. The molecule has 34 heavy (non-hydrogen) atoms. The van der Waals surface area contributed by atoms with Crippen LogP contribution >= 0.6 is 0 Å². The molecule has 2 amide bonds. The molecule has 1 heterocycles. The maximum Gasteiger partial charge on any atom is 0.244 e. The van der Waals surface area contributed by atoms with E-state index in [2.05, 4.69) is 5.32 Å². The largest absolute Gasteiger partial charge is 0.454 e. The van der Waals surface area contributed by atoms with E-state index >= 15 is 0 Å². The summed E-state index contributed by atoms with van der Waals surface area (Å²) in [6.07, 6.45) is 1.42. The van der Waals surface area contributed by atoms with Crippen LogP contribution in [0.15, 0.2) is 42.5 Å². The summed E-state index contributed by atoms with van der Waals surface area (Å²) in [6.45, 7) is 5.78. The number of amides is 2. The average molecular weight is 490 g/mol. The molecule has 0 aromatic heterocycles. The highest BCUT2D eigenvalue weighted by atomic mass is 32.2. The van der Waals surface area contributed by atoms with Crippen molar-refractivity contribution < 1.29 is 27.5 Å². The van der Waals surface area contributed by atoms with Gasteiger partial charge in [-0.15, -0.1) is 0 Å². The van der Waals surface area contributed by atoms with Crippen LogP contribution in [0, 0.1) is 6.92 Å². The van der Waals surface area contributed by atoms with Gasteiger partial charge < -0.3 is 19.7 Å². The summed E-state index contributed by atoms with van der Waals surface area (Å²) in [5, 5.41) is 2.78. The van der Waals surface area contributed by atoms with Crippen molar-refractivity contribution in [3.63, 3.8) is 0 Å². The van der Waals surface area contributed by atoms with Crippen molar-refractivity contribution in [3.05, 3.63) is 53.6 Å². The molecule has 10 heteroatoms. The van der Waals surface area contributed by atoms with Crippen LogP contribution in [0.3, 0.4) is 0 Å². The highest BCUT2D eigenvalue weighted by molar-refractivity contribution is 7.92. The molecular weight excluding hydrogens is 458 g/mol. The van der Waals surface area contributed by atoms with Gasteiger partial charge in [0.1, 0.15) is 12.6 Å². The first kappa shape index (κ1) is 25.4. The lowest BCUT2D eigenvalue weighted by Crippen LogP contribution is -2.52. The number of fused-ring (bicyclic) bond motifs is 1. The molecule has 0 aliphatic carbocycles. The molecule has 1 aliphatic heterocycles. The standard InChI is InChI=1S/C24H31N3O6S/c1-5-20(24(29)25-6-2)26(14-18-9-7-17(3)8-10-18)23(28)15-27(34(4,30)31)19-11-12-21-22(13-19)33-16-32-21/h7-13,20H,5-6,14-16H2,1-4H3,(H,25,29). The van der Waals surface area contributed by atoms with Crippen molar-refractivity contribution in [2.45, 2.75) is 39.8 Å². The lowest BCUT2D eigenvalue weighted by molar-refractivity contribution is -0.140. The molecule has 0 fully saturated rings. The van der Waals surface area contributed by atoms with E-state index in [-0.39, 0.29) is 24.9 Å². The number of hydrogen-bond acceptors (Lipinski definition) is 6. The number of sulfonamides is 1. The Kier molecular flexibility index (Phi) is 8.03. The van der Waals surface area contributed by atoms with Gasteiger partial charge in [-0.25, -0.2) is 8.42 Å². The first-order valence-electron chi connectivity index (χ1n) is 11.1. The van der Waals surface area contributed by atoms with Gasteiger partial charge in [0, 0.05) is 19.2 Å². The molecule has 0 radical (unpaired) electrons. The monoisotopic (exact) mass is 489 g/mol. The van der Waals surface area contributed by atoms with Gasteiger partial charge in [0.25, 0.3) is 0 Å². The number of nitrogens with zero attached hydrogens (tertiary/aromatic N) is 2. The number of ether oxygens (including phenoxy) is 2. The maximum atomic E-state index is 13.6. The fourth-order valence-corrected chi connectivity index (χ4v) is 4.60. The minimum Gasteiger partial charge on any atom is -0.454 e. The minimum absolute atomic E-state index is 0.0473. The van der Waals surface area contributed by atoms with Crippen molar-refractivity contribution >= 4 is 27.5 Å². The topological polar surface area (TPSA) is 105 Å². The Hall–Kier alpha value is -3.27. The van der Waals surface area contributed by atoms with Crippen molar-refractivity contribution in [2.24, 2.45) is 0 Å². The maximum absolute atomic E-state index is 13.6. The van der Waals surface area contributed by atoms with Crippen molar-refractivity contribution in [1.29, 1.82) is 0 Å². The molecular formula is C24H31N3O6S. The second-order valence-electron chi connectivity index (χ2n) is 8.13. The zero-order valence-corrected chi connectivity index (χ0v) is 20.7. The Morgan fingerprint density at radius 3 is 2.35 bits per heavy atom. The van der Waals surface area contributed by atoms with Gasteiger partial charge in [0.2, 0.25) is 28.6 Å². The number of nitrogens with one attached hydrogen (secondary N) is 1. The number of carbonyl (C=O) groups excluding carboxylic acids is 2. The predicted octanol–water partition coefficient (Wildman–Crippen LogP) is 2.43. The fraction of sp³-hybridized carbons (Fsp3) is 0.417. The van der Waals surface area contributed by atoms with Crippen LogP contribution in [0.5, 0.6) is 11.5 Å². The van der Waals surface area contributed by atoms with Gasteiger partial charge in [0.05, 0.1) is 11.9 Å². The van der Waals surface area contributed by atoms with Gasteiger partial charge in [-0.2, -0.15) is 0 Å². The smallest absolute Gasteiger partial charge is 0.244 e. The van der Waals surface area contributed by atoms with Crippen LogP contribution in [0.1, 0.15) is 31.4 Å². The molecule has 0 spiro atoms. The van der Waals surface area contributed by atoms with Gasteiger partial charge >= 0.3 is 0 Å². The fourth-order valence-electron chi connectivity index (χ4n) is 3.76. The minimum atomic E-state index is -3.82. The molecule has 0 bridgehead atoms. The van der Waals surface area contributed by atoms with E-state index in [0.29, 0.717) is 24.5 Å². The molecule has 0 saturated heterocycles. The highest BCUT2D eigenvalue weighted by Crippen LogP contribution is 2.36. The number of aryl methyl sites for hydroxylation is 1. The molecule has 1 unspecified atom stereocenters. The van der Waals surface area contributed by atoms with Gasteiger partial charge in [-0.1, -0.05) is 36.8 Å². The summed E-state index contributed by atoms with van der Waals surface area (Å²) in [6, 6.07) is 11.6. The van der Waals surface area contributed by atoms with E-state index in [0.717, 1.165) is 21.7 Å². The van der Waals surface area contributed by atoms with Crippen LogP contribution in [0.25, 0.3) is 0 Å². The van der Waals surface area contributed by atoms with Crippen LogP contribution in [0.2, 0.25) is 0 Å². The normalized spacial score (nSPS) is 13.3. The highest BCUT2D eigenvalue weighted by Gasteiger charge is 2.32. The second kappa shape index (κ2) is 10.8. The number of likely N-dealkylation sites (N-methyl/N-ethyl adjacent to an activating group) is 1.